The van der Waals surface area contributed by atoms with Crippen LogP contribution in [0.4, 0.5) is 0 Å². The summed E-state index contributed by atoms with van der Waals surface area (Å²) in [4.78, 5) is 26.0. The zero-order chi connectivity index (χ0) is 14.4. The Kier molecular flexibility index (Phi) is 5.83. The van der Waals surface area contributed by atoms with Crippen molar-refractivity contribution in [3.05, 3.63) is 0 Å². The zero-order valence-electron chi connectivity index (χ0n) is 12.5. The molecule has 0 radical (unpaired) electrons. The van der Waals surface area contributed by atoms with Gasteiger partial charge in [0.1, 0.15) is 0 Å². The highest BCUT2D eigenvalue weighted by Crippen LogP contribution is 2.19. The smallest absolute Gasteiger partial charge is 0.241 e. The first-order valence-electron chi connectivity index (χ1n) is 7.99. The SMILES string of the molecule is CCC1CCNC(C(=O)NCC(=O)N2CCCCC2)C1. The molecule has 0 aromatic heterocycles. The van der Waals surface area contributed by atoms with Crippen LogP contribution in [0, 0.1) is 5.92 Å². The van der Waals surface area contributed by atoms with E-state index in [1.165, 1.54) is 6.42 Å². The Morgan fingerprint density at radius 2 is 2.00 bits per heavy atom. The van der Waals surface area contributed by atoms with Gasteiger partial charge < -0.3 is 15.5 Å². The lowest BCUT2D eigenvalue weighted by Crippen LogP contribution is -2.51. The predicted octanol–water partition coefficient (Wildman–Crippen LogP) is 0.893. The lowest BCUT2D eigenvalue weighted by Gasteiger charge is -2.30. The molecule has 2 atom stereocenters. The zero-order valence-corrected chi connectivity index (χ0v) is 12.5. The van der Waals surface area contributed by atoms with Crippen LogP contribution in [-0.4, -0.2) is 48.9 Å². The van der Waals surface area contributed by atoms with Crippen LogP contribution in [0.5, 0.6) is 0 Å². The van der Waals surface area contributed by atoms with E-state index in [4.69, 9.17) is 0 Å². The minimum absolute atomic E-state index is 0.0199. The van der Waals surface area contributed by atoms with E-state index in [-0.39, 0.29) is 24.4 Å². The van der Waals surface area contributed by atoms with Gasteiger partial charge in [-0.15, -0.1) is 0 Å². The molecule has 5 nitrogen and oxygen atoms in total. The molecule has 0 aliphatic carbocycles. The summed E-state index contributed by atoms with van der Waals surface area (Å²) in [7, 11) is 0. The highest BCUT2D eigenvalue weighted by atomic mass is 16.2. The summed E-state index contributed by atoms with van der Waals surface area (Å²) in [6, 6.07) is -0.122. The van der Waals surface area contributed by atoms with Gasteiger partial charge in [-0.05, 0) is 44.6 Å². The van der Waals surface area contributed by atoms with Crippen molar-refractivity contribution in [2.24, 2.45) is 5.92 Å². The van der Waals surface area contributed by atoms with Crippen LogP contribution in [0.15, 0.2) is 0 Å². The number of likely N-dealkylation sites (tertiary alicyclic amines) is 1. The molecule has 2 aliphatic rings. The van der Waals surface area contributed by atoms with Crippen LogP contribution in [0.25, 0.3) is 0 Å². The highest BCUT2D eigenvalue weighted by Gasteiger charge is 2.26. The molecular weight excluding hydrogens is 254 g/mol. The summed E-state index contributed by atoms with van der Waals surface area (Å²) >= 11 is 0. The van der Waals surface area contributed by atoms with Crippen LogP contribution in [0.3, 0.4) is 0 Å². The summed E-state index contributed by atoms with van der Waals surface area (Å²) in [5.74, 6) is 0.666. The molecule has 0 bridgehead atoms. The number of hydrogen-bond acceptors (Lipinski definition) is 3. The van der Waals surface area contributed by atoms with E-state index in [9.17, 15) is 9.59 Å². The number of carbonyl (C=O) groups is 2. The molecule has 2 amide bonds. The molecule has 2 heterocycles. The third-order valence-electron chi connectivity index (χ3n) is 4.53. The van der Waals surface area contributed by atoms with Crippen LogP contribution < -0.4 is 10.6 Å². The van der Waals surface area contributed by atoms with Crippen LogP contribution >= 0.6 is 0 Å². The van der Waals surface area contributed by atoms with E-state index < -0.39 is 0 Å². The van der Waals surface area contributed by atoms with E-state index in [1.807, 2.05) is 4.90 Å². The van der Waals surface area contributed by atoms with E-state index in [0.29, 0.717) is 5.92 Å². The second-order valence-electron chi connectivity index (χ2n) is 5.96. The minimum atomic E-state index is -0.122. The number of amides is 2. The van der Waals surface area contributed by atoms with Crippen molar-refractivity contribution in [1.29, 1.82) is 0 Å². The van der Waals surface area contributed by atoms with Gasteiger partial charge in [0, 0.05) is 13.1 Å². The first kappa shape index (κ1) is 15.3. The fourth-order valence-corrected chi connectivity index (χ4v) is 3.11. The first-order chi connectivity index (χ1) is 9.70. The Morgan fingerprint density at radius 3 is 2.70 bits per heavy atom. The lowest BCUT2D eigenvalue weighted by molar-refractivity contribution is -0.134. The molecule has 5 heteroatoms. The maximum atomic E-state index is 12.1. The standard InChI is InChI=1S/C15H27N3O2/c1-2-12-6-7-16-13(10-12)15(20)17-11-14(19)18-8-4-3-5-9-18/h12-13,16H,2-11H2,1H3,(H,17,20). The van der Waals surface area contributed by atoms with Gasteiger partial charge in [-0.25, -0.2) is 0 Å². The van der Waals surface area contributed by atoms with Gasteiger partial charge in [-0.2, -0.15) is 0 Å². The quantitative estimate of drug-likeness (QED) is 0.804. The maximum Gasteiger partial charge on any atom is 0.241 e. The number of carbonyl (C=O) groups excluding carboxylic acids is 2. The van der Waals surface area contributed by atoms with Crippen molar-refractivity contribution in [1.82, 2.24) is 15.5 Å². The van der Waals surface area contributed by atoms with Crippen molar-refractivity contribution in [3.63, 3.8) is 0 Å². The highest BCUT2D eigenvalue weighted by molar-refractivity contribution is 5.87. The predicted molar refractivity (Wildman–Crippen MR) is 78.2 cm³/mol. The topological polar surface area (TPSA) is 61.4 Å². The second kappa shape index (κ2) is 7.62. The van der Waals surface area contributed by atoms with Gasteiger partial charge in [0.05, 0.1) is 12.6 Å². The molecule has 2 rings (SSSR count). The van der Waals surface area contributed by atoms with Crippen molar-refractivity contribution in [2.45, 2.75) is 51.5 Å². The number of nitrogens with zero attached hydrogens (tertiary/aromatic N) is 1. The fourth-order valence-electron chi connectivity index (χ4n) is 3.11. The van der Waals surface area contributed by atoms with E-state index >= 15 is 0 Å². The van der Waals surface area contributed by atoms with Gasteiger partial charge >= 0.3 is 0 Å². The molecule has 0 spiro atoms. The number of piperidine rings is 2. The molecular formula is C15H27N3O2. The number of hydrogen-bond donors (Lipinski definition) is 2. The largest absolute Gasteiger partial charge is 0.346 e. The molecule has 0 saturated carbocycles. The van der Waals surface area contributed by atoms with Gasteiger partial charge in [-0.3, -0.25) is 9.59 Å². The van der Waals surface area contributed by atoms with E-state index in [0.717, 1.165) is 51.7 Å². The Bertz CT molecular complexity index is 340. The lowest BCUT2D eigenvalue weighted by atomic mass is 9.90. The van der Waals surface area contributed by atoms with Crippen molar-refractivity contribution in [2.75, 3.05) is 26.2 Å². The number of rotatable bonds is 4. The van der Waals surface area contributed by atoms with Gasteiger partial charge in [0.25, 0.3) is 0 Å². The average Bonchev–Trinajstić information content (AvgIpc) is 2.53. The summed E-state index contributed by atoms with van der Waals surface area (Å²) in [6.07, 6.45) is 6.54. The van der Waals surface area contributed by atoms with Crippen molar-refractivity contribution >= 4 is 11.8 Å². The normalized spacial score (nSPS) is 27.1. The summed E-state index contributed by atoms with van der Waals surface area (Å²) in [5, 5.41) is 6.05. The maximum absolute atomic E-state index is 12.1. The van der Waals surface area contributed by atoms with Gasteiger partial charge in [0.15, 0.2) is 0 Å². The molecule has 114 valence electrons. The fraction of sp³-hybridized carbons (Fsp3) is 0.867. The third-order valence-corrected chi connectivity index (χ3v) is 4.53. The second-order valence-corrected chi connectivity index (χ2v) is 5.96. The molecule has 0 aromatic rings. The Labute approximate surface area is 121 Å². The summed E-state index contributed by atoms with van der Waals surface area (Å²) in [6.45, 7) is 4.90. The van der Waals surface area contributed by atoms with Crippen LogP contribution in [0.2, 0.25) is 0 Å². The monoisotopic (exact) mass is 281 g/mol. The van der Waals surface area contributed by atoms with Crippen molar-refractivity contribution in [3.8, 4) is 0 Å². The molecule has 2 unspecified atom stereocenters. The van der Waals surface area contributed by atoms with Crippen molar-refractivity contribution < 1.29 is 9.59 Å². The molecule has 0 aromatic carbocycles. The Balaban J connectivity index is 1.72. The number of nitrogens with one attached hydrogen (secondary N) is 2. The molecule has 2 fully saturated rings. The van der Waals surface area contributed by atoms with E-state index in [1.54, 1.807) is 0 Å². The Morgan fingerprint density at radius 1 is 1.25 bits per heavy atom. The van der Waals surface area contributed by atoms with Crippen LogP contribution in [0.1, 0.15) is 45.4 Å². The first-order valence-corrected chi connectivity index (χ1v) is 7.99. The molecule has 20 heavy (non-hydrogen) atoms. The van der Waals surface area contributed by atoms with Gasteiger partial charge in [-0.1, -0.05) is 13.3 Å². The van der Waals surface area contributed by atoms with Gasteiger partial charge in [0.2, 0.25) is 11.8 Å². The average molecular weight is 281 g/mol. The molecule has 2 saturated heterocycles. The molecule has 2 aliphatic heterocycles. The van der Waals surface area contributed by atoms with E-state index in [2.05, 4.69) is 17.6 Å². The summed E-state index contributed by atoms with van der Waals surface area (Å²) < 4.78 is 0. The Hall–Kier alpha value is -1.10. The summed E-state index contributed by atoms with van der Waals surface area (Å²) in [5.41, 5.74) is 0. The molecule has 2 N–H and O–H groups in total. The minimum Gasteiger partial charge on any atom is -0.346 e. The third kappa shape index (κ3) is 4.20. The van der Waals surface area contributed by atoms with Crippen LogP contribution in [-0.2, 0) is 9.59 Å².